The largest absolute Gasteiger partial charge is 0.456 e. The van der Waals surface area contributed by atoms with Crippen molar-refractivity contribution in [2.75, 3.05) is 0 Å². The third-order valence-electron chi connectivity index (χ3n) is 6.79. The Labute approximate surface area is 213 Å². The van der Waals surface area contributed by atoms with Gasteiger partial charge in [-0.3, -0.25) is 0 Å². The summed E-state index contributed by atoms with van der Waals surface area (Å²) in [7, 11) is 0. The van der Waals surface area contributed by atoms with Crippen molar-refractivity contribution in [2.45, 2.75) is 13.8 Å². The van der Waals surface area contributed by atoms with Crippen LogP contribution in [0.5, 0.6) is 0 Å². The van der Waals surface area contributed by atoms with Crippen LogP contribution in [0.1, 0.15) is 33.9 Å². The summed E-state index contributed by atoms with van der Waals surface area (Å²) in [5.41, 5.74) is 11.9. The maximum Gasteiger partial charge on any atom is 0.137 e. The molecule has 172 valence electrons. The minimum Gasteiger partial charge on any atom is -0.456 e. The van der Waals surface area contributed by atoms with Crippen molar-refractivity contribution in [3.05, 3.63) is 105 Å². The predicted molar refractivity (Wildman–Crippen MR) is 152 cm³/mol. The number of aromatic nitrogens is 2. The van der Waals surface area contributed by atoms with E-state index in [2.05, 4.69) is 110 Å². The van der Waals surface area contributed by atoms with Gasteiger partial charge in [-0.25, -0.2) is 9.97 Å². The number of nitrogens with zero attached hydrogens (tertiary/aromatic N) is 2. The number of hydrogen-bond acceptors (Lipinski definition) is 4. The standard InChI is InChI=1S/C32H22N2OS/c1-19-3-7-21(8-4-19)31-27-13-11-25(33-27)23-17-36-18-24(23)26-12-14-28(34-26)32(30-16-15-29(31)35-30)22-9-5-20(2)6-10-22/h3-18H,1-2H3. The van der Waals surface area contributed by atoms with Crippen LogP contribution in [-0.4, -0.2) is 9.97 Å². The molecular formula is C32H22N2OS. The van der Waals surface area contributed by atoms with Crippen LogP contribution in [0.4, 0.5) is 0 Å². The first-order valence-corrected chi connectivity index (χ1v) is 12.9. The highest BCUT2D eigenvalue weighted by Crippen LogP contribution is 2.37. The van der Waals surface area contributed by atoms with Gasteiger partial charge in [-0.2, -0.15) is 11.3 Å². The number of thiophene rings is 1. The van der Waals surface area contributed by atoms with E-state index in [1.165, 1.54) is 11.1 Å². The van der Waals surface area contributed by atoms with Gasteiger partial charge in [-0.05, 0) is 61.4 Å². The Kier molecular flexibility index (Phi) is 4.76. The topological polar surface area (TPSA) is 38.9 Å². The molecule has 36 heavy (non-hydrogen) atoms. The Morgan fingerprint density at radius 3 is 1.39 bits per heavy atom. The summed E-state index contributed by atoms with van der Waals surface area (Å²) >= 11 is 1.68. The van der Waals surface area contributed by atoms with E-state index in [1.807, 2.05) is 0 Å². The van der Waals surface area contributed by atoms with Gasteiger partial charge in [0.2, 0.25) is 0 Å². The molecule has 0 spiro atoms. The van der Waals surface area contributed by atoms with Crippen molar-refractivity contribution >= 4 is 57.6 Å². The molecule has 6 bridgehead atoms. The fraction of sp³-hybridized carbons (Fsp3) is 0.0625. The van der Waals surface area contributed by atoms with Gasteiger partial charge in [0, 0.05) is 21.5 Å². The van der Waals surface area contributed by atoms with Crippen molar-refractivity contribution < 1.29 is 4.42 Å². The monoisotopic (exact) mass is 482 g/mol. The van der Waals surface area contributed by atoms with E-state index < -0.39 is 0 Å². The second kappa shape index (κ2) is 8.14. The molecular weight excluding hydrogens is 460 g/mol. The lowest BCUT2D eigenvalue weighted by atomic mass is 10.0. The molecule has 3 nitrogen and oxygen atoms in total. The molecule has 5 heterocycles. The third-order valence-corrected chi connectivity index (χ3v) is 7.53. The third kappa shape index (κ3) is 3.42. The molecule has 0 saturated carbocycles. The number of benzene rings is 2. The average molecular weight is 483 g/mol. The molecule has 0 saturated heterocycles. The minimum atomic E-state index is 0.791. The molecule has 0 atom stereocenters. The van der Waals surface area contributed by atoms with Crippen LogP contribution >= 0.6 is 11.3 Å². The number of furan rings is 1. The highest BCUT2D eigenvalue weighted by atomic mass is 32.1. The number of hydrogen-bond donors (Lipinski definition) is 0. The van der Waals surface area contributed by atoms with Gasteiger partial charge in [0.25, 0.3) is 0 Å². The maximum absolute atomic E-state index is 6.63. The first kappa shape index (κ1) is 21.0. The molecule has 0 unspecified atom stereocenters. The van der Waals surface area contributed by atoms with Crippen molar-refractivity contribution in [1.82, 2.24) is 9.97 Å². The molecule has 0 radical (unpaired) electrons. The SMILES string of the molecule is Cc1ccc(-c2c3nc(c4cscc4c4nc(c(-c5ccc(C)cc5)c5ccc2o5)C=C4)C=C3)cc1. The lowest BCUT2D eigenvalue weighted by Crippen LogP contribution is -1.85. The molecule has 7 rings (SSSR count). The van der Waals surface area contributed by atoms with Crippen molar-refractivity contribution in [1.29, 1.82) is 0 Å². The molecule has 0 amide bonds. The Morgan fingerprint density at radius 1 is 0.528 bits per heavy atom. The highest BCUT2D eigenvalue weighted by Gasteiger charge is 2.18. The summed E-state index contributed by atoms with van der Waals surface area (Å²) in [4.78, 5) is 10.2. The van der Waals surface area contributed by atoms with Gasteiger partial charge in [-0.15, -0.1) is 0 Å². The van der Waals surface area contributed by atoms with Crippen molar-refractivity contribution in [2.24, 2.45) is 0 Å². The van der Waals surface area contributed by atoms with Gasteiger partial charge in [0.05, 0.1) is 33.9 Å². The molecule has 0 aliphatic carbocycles. The molecule has 2 aliphatic rings. The molecule has 0 N–H and O–H groups in total. The van der Waals surface area contributed by atoms with Crippen LogP contribution in [0.25, 0.3) is 68.5 Å². The first-order valence-electron chi connectivity index (χ1n) is 12.0. The van der Waals surface area contributed by atoms with E-state index in [0.717, 1.165) is 67.0 Å². The fourth-order valence-corrected chi connectivity index (χ4v) is 5.71. The summed E-state index contributed by atoms with van der Waals surface area (Å²) in [6.07, 6.45) is 8.37. The van der Waals surface area contributed by atoms with Crippen LogP contribution in [0.2, 0.25) is 0 Å². The molecule has 2 aromatic carbocycles. The van der Waals surface area contributed by atoms with E-state index >= 15 is 0 Å². The summed E-state index contributed by atoms with van der Waals surface area (Å²) in [5, 5.41) is 6.54. The van der Waals surface area contributed by atoms with Gasteiger partial charge >= 0.3 is 0 Å². The van der Waals surface area contributed by atoms with E-state index in [0.29, 0.717) is 0 Å². The Balaban J connectivity index is 1.67. The number of aryl methyl sites for hydroxylation is 2. The van der Waals surface area contributed by atoms with E-state index in [9.17, 15) is 0 Å². The maximum atomic E-state index is 6.63. The molecule has 4 heteroatoms. The zero-order valence-corrected chi connectivity index (χ0v) is 20.8. The second-order valence-electron chi connectivity index (χ2n) is 9.28. The molecule has 2 aliphatic heterocycles. The van der Waals surface area contributed by atoms with E-state index in [1.54, 1.807) is 11.3 Å². The predicted octanol–water partition coefficient (Wildman–Crippen LogP) is 9.04. The first-order chi connectivity index (χ1) is 17.6. The summed E-state index contributed by atoms with van der Waals surface area (Å²) in [6, 6.07) is 21.2. The molecule has 5 aromatic rings. The zero-order valence-electron chi connectivity index (χ0n) is 19.9. The lowest BCUT2D eigenvalue weighted by molar-refractivity contribution is 0.667. The quantitative estimate of drug-likeness (QED) is 0.247. The minimum absolute atomic E-state index is 0.791. The zero-order chi connectivity index (χ0) is 24.2. The Morgan fingerprint density at radius 2 is 0.944 bits per heavy atom. The summed E-state index contributed by atoms with van der Waals surface area (Å²) in [6.45, 7) is 4.20. The normalized spacial score (nSPS) is 12.5. The van der Waals surface area contributed by atoms with Crippen LogP contribution < -0.4 is 0 Å². The van der Waals surface area contributed by atoms with Crippen LogP contribution in [0.15, 0.2) is 75.8 Å². The van der Waals surface area contributed by atoms with Gasteiger partial charge < -0.3 is 4.42 Å². The number of rotatable bonds is 2. The average Bonchev–Trinajstić information content (AvgIpc) is 3.69. The van der Waals surface area contributed by atoms with Gasteiger partial charge in [0.1, 0.15) is 11.2 Å². The van der Waals surface area contributed by atoms with E-state index in [-0.39, 0.29) is 0 Å². The van der Waals surface area contributed by atoms with Gasteiger partial charge in [0.15, 0.2) is 0 Å². The summed E-state index contributed by atoms with van der Waals surface area (Å²) < 4.78 is 6.63. The molecule has 3 aromatic heterocycles. The van der Waals surface area contributed by atoms with Gasteiger partial charge in [-0.1, -0.05) is 59.7 Å². The molecule has 0 fully saturated rings. The van der Waals surface area contributed by atoms with Crippen molar-refractivity contribution in [3.8, 4) is 22.3 Å². The second-order valence-corrected chi connectivity index (χ2v) is 10.0. The van der Waals surface area contributed by atoms with Crippen LogP contribution in [-0.2, 0) is 0 Å². The number of fused-ring (bicyclic) bond motifs is 9. The van der Waals surface area contributed by atoms with Crippen LogP contribution in [0, 0.1) is 13.8 Å². The summed E-state index contributed by atoms with van der Waals surface area (Å²) in [5.74, 6) is 0. The van der Waals surface area contributed by atoms with E-state index in [4.69, 9.17) is 14.4 Å². The Bertz CT molecular complexity index is 1700. The fourth-order valence-electron chi connectivity index (χ4n) is 4.88. The smallest absolute Gasteiger partial charge is 0.137 e. The highest BCUT2D eigenvalue weighted by molar-refractivity contribution is 7.09. The van der Waals surface area contributed by atoms with Crippen LogP contribution in [0.3, 0.4) is 0 Å². The lowest BCUT2D eigenvalue weighted by Gasteiger charge is -2.05. The van der Waals surface area contributed by atoms with Crippen molar-refractivity contribution in [3.63, 3.8) is 0 Å². The Hall–Kier alpha value is -4.28.